The Balaban J connectivity index is 2.70. The van der Waals surface area contributed by atoms with Gasteiger partial charge in [0.2, 0.25) is 0 Å². The number of amides is 1. The Morgan fingerprint density at radius 3 is 2.64 bits per heavy atom. The van der Waals surface area contributed by atoms with E-state index in [0.29, 0.717) is 0 Å². The van der Waals surface area contributed by atoms with Crippen LogP contribution in [0.5, 0.6) is 0 Å². The fourth-order valence-corrected chi connectivity index (χ4v) is 1.33. The number of rotatable bonds is 1. The van der Waals surface area contributed by atoms with E-state index in [4.69, 9.17) is 0 Å². The zero-order chi connectivity index (χ0) is 10.3. The van der Waals surface area contributed by atoms with Crippen molar-refractivity contribution in [2.24, 2.45) is 0 Å². The predicted molar refractivity (Wildman–Crippen MR) is 46.1 cm³/mol. The summed E-state index contributed by atoms with van der Waals surface area (Å²) in [5.74, 6) is -1.68. The van der Waals surface area contributed by atoms with Crippen LogP contribution in [0.2, 0.25) is 0 Å². The maximum atomic E-state index is 11.2. The molecule has 1 aliphatic rings. The van der Waals surface area contributed by atoms with Crippen LogP contribution in [0.25, 0.3) is 0 Å². The molecule has 0 bridgehead atoms. The number of ketones is 1. The lowest BCUT2D eigenvalue weighted by molar-refractivity contribution is -0.385. The van der Waals surface area contributed by atoms with Crippen LogP contribution in [0.1, 0.15) is 10.4 Å². The van der Waals surface area contributed by atoms with Gasteiger partial charge in [0.1, 0.15) is 5.56 Å². The van der Waals surface area contributed by atoms with Crippen molar-refractivity contribution in [2.75, 3.05) is 5.32 Å². The molecule has 1 aliphatic heterocycles. The van der Waals surface area contributed by atoms with Crippen molar-refractivity contribution in [1.29, 1.82) is 0 Å². The smallest absolute Gasteiger partial charge is 0.297 e. The summed E-state index contributed by atoms with van der Waals surface area (Å²) in [5, 5.41) is 12.8. The lowest BCUT2D eigenvalue weighted by Gasteiger charge is -1.96. The first kappa shape index (κ1) is 8.36. The van der Waals surface area contributed by atoms with E-state index in [9.17, 15) is 19.7 Å². The van der Waals surface area contributed by atoms with Gasteiger partial charge in [-0.3, -0.25) is 19.7 Å². The first-order valence-electron chi connectivity index (χ1n) is 3.74. The topological polar surface area (TPSA) is 89.3 Å². The zero-order valence-electron chi connectivity index (χ0n) is 6.81. The van der Waals surface area contributed by atoms with Crippen molar-refractivity contribution in [1.82, 2.24) is 0 Å². The molecule has 0 fully saturated rings. The molecule has 0 unspecified atom stereocenters. The van der Waals surface area contributed by atoms with Gasteiger partial charge in [-0.05, 0) is 6.07 Å². The summed E-state index contributed by atoms with van der Waals surface area (Å²) in [6.07, 6.45) is 0. The minimum absolute atomic E-state index is 0.150. The van der Waals surface area contributed by atoms with Crippen LogP contribution in [0.4, 0.5) is 11.4 Å². The Labute approximate surface area is 77.7 Å². The first-order chi connectivity index (χ1) is 6.61. The molecule has 1 amide bonds. The van der Waals surface area contributed by atoms with E-state index in [0.717, 1.165) is 0 Å². The summed E-state index contributed by atoms with van der Waals surface area (Å²) in [4.78, 5) is 32.0. The van der Waals surface area contributed by atoms with Crippen LogP contribution in [0.3, 0.4) is 0 Å². The molecule has 2 rings (SSSR count). The molecule has 1 aromatic carbocycles. The van der Waals surface area contributed by atoms with Crippen molar-refractivity contribution in [3.63, 3.8) is 0 Å². The summed E-state index contributed by atoms with van der Waals surface area (Å²) in [5.41, 5.74) is -0.289. The third kappa shape index (κ3) is 0.972. The second kappa shape index (κ2) is 2.63. The number of carbonyl (C=O) groups excluding carboxylic acids is 2. The average Bonchev–Trinajstić information content (AvgIpc) is 2.43. The van der Waals surface area contributed by atoms with Gasteiger partial charge in [0.15, 0.2) is 0 Å². The van der Waals surface area contributed by atoms with Crippen LogP contribution >= 0.6 is 0 Å². The van der Waals surface area contributed by atoms with Gasteiger partial charge in [0.25, 0.3) is 17.4 Å². The molecule has 0 aliphatic carbocycles. The molecule has 0 saturated carbocycles. The van der Waals surface area contributed by atoms with Crippen molar-refractivity contribution in [3.8, 4) is 0 Å². The van der Waals surface area contributed by atoms with E-state index in [1.165, 1.54) is 18.2 Å². The maximum Gasteiger partial charge on any atom is 0.297 e. The van der Waals surface area contributed by atoms with E-state index < -0.39 is 16.6 Å². The van der Waals surface area contributed by atoms with Crippen molar-refractivity contribution in [2.45, 2.75) is 0 Å². The number of hydrogen-bond donors (Lipinski definition) is 1. The Hall–Kier alpha value is -2.24. The molecular formula is C8H4N2O4. The van der Waals surface area contributed by atoms with E-state index >= 15 is 0 Å². The minimum Gasteiger partial charge on any atom is -0.318 e. The summed E-state index contributed by atoms with van der Waals surface area (Å²) in [6, 6.07) is 4.05. The van der Waals surface area contributed by atoms with Crippen molar-refractivity contribution >= 4 is 23.1 Å². The third-order valence-corrected chi connectivity index (χ3v) is 1.92. The van der Waals surface area contributed by atoms with Crippen LogP contribution in [-0.4, -0.2) is 16.6 Å². The van der Waals surface area contributed by atoms with Gasteiger partial charge in [-0.1, -0.05) is 6.07 Å². The number of hydrogen-bond acceptors (Lipinski definition) is 4. The SMILES string of the molecule is O=C1Nc2cccc([N+](=O)[O-])c2C1=O. The number of nitro groups is 1. The molecule has 0 radical (unpaired) electrons. The molecule has 70 valence electrons. The molecular weight excluding hydrogens is 188 g/mol. The quantitative estimate of drug-likeness (QED) is 0.403. The highest BCUT2D eigenvalue weighted by Crippen LogP contribution is 2.30. The lowest BCUT2D eigenvalue weighted by atomic mass is 10.1. The van der Waals surface area contributed by atoms with Gasteiger partial charge in [-0.25, -0.2) is 0 Å². The van der Waals surface area contributed by atoms with Gasteiger partial charge < -0.3 is 5.32 Å². The summed E-state index contributed by atoms with van der Waals surface area (Å²) in [7, 11) is 0. The molecule has 1 aromatic rings. The third-order valence-electron chi connectivity index (χ3n) is 1.92. The van der Waals surface area contributed by atoms with Crippen LogP contribution in [0.15, 0.2) is 18.2 Å². The predicted octanol–water partition coefficient (Wildman–Crippen LogP) is 0.730. The molecule has 0 aromatic heterocycles. The average molecular weight is 192 g/mol. The highest BCUT2D eigenvalue weighted by molar-refractivity contribution is 6.52. The number of carbonyl (C=O) groups is 2. The second-order valence-electron chi connectivity index (χ2n) is 2.74. The summed E-state index contributed by atoms with van der Waals surface area (Å²) >= 11 is 0. The van der Waals surface area contributed by atoms with Crippen LogP contribution in [0, 0.1) is 10.1 Å². The number of nitrogens with zero attached hydrogens (tertiary/aromatic N) is 1. The Morgan fingerprint density at radius 2 is 2.00 bits per heavy atom. The van der Waals surface area contributed by atoms with Gasteiger partial charge in [-0.15, -0.1) is 0 Å². The number of fused-ring (bicyclic) bond motifs is 1. The minimum atomic E-state index is -0.854. The number of Topliss-reactive ketones (excluding diaryl/α,β-unsaturated/α-hetero) is 1. The molecule has 6 heteroatoms. The Morgan fingerprint density at radius 1 is 1.29 bits per heavy atom. The molecule has 0 saturated heterocycles. The van der Waals surface area contributed by atoms with Crippen molar-refractivity contribution in [3.05, 3.63) is 33.9 Å². The van der Waals surface area contributed by atoms with Gasteiger partial charge in [-0.2, -0.15) is 0 Å². The summed E-state index contributed by atoms with van der Waals surface area (Å²) < 4.78 is 0. The molecule has 1 N–H and O–H groups in total. The Bertz CT molecular complexity index is 466. The normalized spacial score (nSPS) is 13.7. The highest BCUT2D eigenvalue weighted by atomic mass is 16.6. The molecule has 1 heterocycles. The number of benzene rings is 1. The fourth-order valence-electron chi connectivity index (χ4n) is 1.33. The molecule has 0 atom stereocenters. The highest BCUT2D eigenvalue weighted by Gasteiger charge is 2.34. The zero-order valence-corrected chi connectivity index (χ0v) is 6.81. The molecule has 6 nitrogen and oxygen atoms in total. The number of nitrogens with one attached hydrogen (secondary N) is 1. The van der Waals surface area contributed by atoms with Gasteiger partial charge in [0, 0.05) is 6.07 Å². The first-order valence-corrected chi connectivity index (χ1v) is 3.74. The lowest BCUT2D eigenvalue weighted by Crippen LogP contribution is -2.13. The van der Waals surface area contributed by atoms with E-state index in [-0.39, 0.29) is 16.9 Å². The maximum absolute atomic E-state index is 11.2. The fraction of sp³-hybridized carbons (Fsp3) is 0. The van der Waals surface area contributed by atoms with E-state index in [1.807, 2.05) is 0 Å². The Kier molecular flexibility index (Phi) is 1.57. The molecule has 0 spiro atoms. The van der Waals surface area contributed by atoms with Crippen LogP contribution in [-0.2, 0) is 4.79 Å². The molecule has 14 heavy (non-hydrogen) atoms. The second-order valence-corrected chi connectivity index (χ2v) is 2.74. The number of nitro benzene ring substituents is 1. The van der Waals surface area contributed by atoms with E-state index in [1.54, 1.807) is 0 Å². The monoisotopic (exact) mass is 192 g/mol. The summed E-state index contributed by atoms with van der Waals surface area (Å²) in [6.45, 7) is 0. The largest absolute Gasteiger partial charge is 0.318 e. The van der Waals surface area contributed by atoms with Gasteiger partial charge in [0.05, 0.1) is 10.6 Å². The van der Waals surface area contributed by atoms with Crippen LogP contribution < -0.4 is 5.32 Å². The standard InChI is InChI=1S/C8H4N2O4/c11-7-6-4(9-8(7)12)2-1-3-5(6)10(13)14/h1-3H,(H,9,11,12). The van der Waals surface area contributed by atoms with E-state index in [2.05, 4.69) is 5.32 Å². The van der Waals surface area contributed by atoms with Crippen molar-refractivity contribution < 1.29 is 14.5 Å². The number of anilines is 1. The van der Waals surface area contributed by atoms with Gasteiger partial charge >= 0.3 is 0 Å².